The van der Waals surface area contributed by atoms with Crippen molar-refractivity contribution in [3.63, 3.8) is 0 Å². The molecule has 1 aliphatic carbocycles. The van der Waals surface area contributed by atoms with Gasteiger partial charge in [-0.2, -0.15) is 5.10 Å². The summed E-state index contributed by atoms with van der Waals surface area (Å²) in [7, 11) is 1.29. The molecule has 2 rings (SSSR count). The van der Waals surface area contributed by atoms with E-state index < -0.39 is 16.4 Å². The number of rotatable bonds is 5. The largest absolute Gasteiger partial charge is 0.500 e. The number of hydrogen-bond acceptors (Lipinski definition) is 6. The SMILES string of the molecule is COc1cc(/C=N/NC(=O)C2CC2)cc([N+](=O)[O-])c1O. The Morgan fingerprint density at radius 1 is 1.60 bits per heavy atom. The Balaban J connectivity index is 2.18. The van der Waals surface area contributed by atoms with Gasteiger partial charge in [0.25, 0.3) is 0 Å². The van der Waals surface area contributed by atoms with Crippen LogP contribution in [0.25, 0.3) is 0 Å². The Morgan fingerprint density at radius 2 is 2.30 bits per heavy atom. The fourth-order valence-electron chi connectivity index (χ4n) is 1.59. The van der Waals surface area contributed by atoms with Crippen LogP contribution in [0.1, 0.15) is 18.4 Å². The number of carbonyl (C=O) groups excluding carboxylic acids is 1. The Bertz CT molecular complexity index is 581. The summed E-state index contributed by atoms with van der Waals surface area (Å²) in [5.41, 5.74) is 2.20. The van der Waals surface area contributed by atoms with Gasteiger partial charge in [-0.15, -0.1) is 0 Å². The van der Waals surface area contributed by atoms with Gasteiger partial charge in [-0.25, -0.2) is 5.43 Å². The van der Waals surface area contributed by atoms with Crippen LogP contribution in [-0.4, -0.2) is 29.3 Å². The molecule has 2 N–H and O–H groups in total. The zero-order chi connectivity index (χ0) is 14.7. The zero-order valence-electron chi connectivity index (χ0n) is 10.7. The average molecular weight is 279 g/mol. The standard InChI is InChI=1S/C12H13N3O5/c1-20-10-5-7(4-9(11(10)16)15(18)19)6-13-14-12(17)8-2-3-8/h4-6,8,16H,2-3H2,1H3,(H,14,17)/b13-6+. The molecule has 1 saturated carbocycles. The third-order valence-electron chi connectivity index (χ3n) is 2.83. The number of methoxy groups -OCH3 is 1. The molecule has 1 fully saturated rings. The van der Waals surface area contributed by atoms with Gasteiger partial charge in [-0.1, -0.05) is 0 Å². The first kappa shape index (κ1) is 13.8. The average Bonchev–Trinajstić information content (AvgIpc) is 3.24. The Hall–Kier alpha value is -2.64. The van der Waals surface area contributed by atoms with Crippen molar-refractivity contribution in [1.29, 1.82) is 0 Å². The third kappa shape index (κ3) is 3.02. The molecule has 0 spiro atoms. The predicted octanol–water partition coefficient (Wildman–Crippen LogP) is 1.17. The third-order valence-corrected chi connectivity index (χ3v) is 2.83. The summed E-state index contributed by atoms with van der Waals surface area (Å²) < 4.78 is 4.85. The molecule has 0 aliphatic heterocycles. The van der Waals surface area contributed by atoms with Crippen molar-refractivity contribution in [3.8, 4) is 11.5 Å². The number of carbonyl (C=O) groups is 1. The highest BCUT2D eigenvalue weighted by molar-refractivity contribution is 5.86. The normalized spacial score (nSPS) is 14.2. The van der Waals surface area contributed by atoms with Gasteiger partial charge in [0.2, 0.25) is 11.7 Å². The van der Waals surface area contributed by atoms with E-state index in [9.17, 15) is 20.0 Å². The number of nitrogens with one attached hydrogen (secondary N) is 1. The number of nitro groups is 1. The maximum atomic E-state index is 11.4. The fourth-order valence-corrected chi connectivity index (χ4v) is 1.59. The van der Waals surface area contributed by atoms with Crippen LogP contribution in [0, 0.1) is 16.0 Å². The summed E-state index contributed by atoms with van der Waals surface area (Å²) in [6, 6.07) is 2.53. The molecule has 106 valence electrons. The predicted molar refractivity (Wildman–Crippen MR) is 69.8 cm³/mol. The van der Waals surface area contributed by atoms with E-state index in [0.29, 0.717) is 5.56 Å². The first-order chi connectivity index (χ1) is 9.52. The summed E-state index contributed by atoms with van der Waals surface area (Å²) in [6.45, 7) is 0. The Morgan fingerprint density at radius 3 is 2.85 bits per heavy atom. The quantitative estimate of drug-likeness (QED) is 0.477. The smallest absolute Gasteiger partial charge is 0.315 e. The molecule has 1 aromatic carbocycles. The summed E-state index contributed by atoms with van der Waals surface area (Å²) in [5, 5.41) is 24.1. The van der Waals surface area contributed by atoms with Gasteiger partial charge in [0, 0.05) is 17.5 Å². The molecule has 0 saturated heterocycles. The van der Waals surface area contributed by atoms with E-state index in [4.69, 9.17) is 4.74 Å². The first-order valence-electron chi connectivity index (χ1n) is 5.91. The number of phenolic OH excluding ortho intramolecular Hbond substituents is 1. The number of nitrogens with zero attached hydrogens (tertiary/aromatic N) is 2. The van der Waals surface area contributed by atoms with Gasteiger partial charge in [-0.05, 0) is 18.9 Å². The summed E-state index contributed by atoms with van der Waals surface area (Å²) >= 11 is 0. The number of hydrazone groups is 1. The van der Waals surface area contributed by atoms with Crippen LogP contribution in [0.2, 0.25) is 0 Å². The monoisotopic (exact) mass is 279 g/mol. The number of ether oxygens (including phenoxy) is 1. The molecule has 8 nitrogen and oxygen atoms in total. The van der Waals surface area contributed by atoms with Gasteiger partial charge in [0.05, 0.1) is 18.2 Å². The maximum Gasteiger partial charge on any atom is 0.315 e. The van der Waals surface area contributed by atoms with Crippen LogP contribution >= 0.6 is 0 Å². The lowest BCUT2D eigenvalue weighted by atomic mass is 10.2. The van der Waals surface area contributed by atoms with Crippen molar-refractivity contribution in [2.24, 2.45) is 11.0 Å². The number of phenols is 1. The van der Waals surface area contributed by atoms with Crippen LogP contribution in [-0.2, 0) is 4.79 Å². The molecule has 0 heterocycles. The molecule has 20 heavy (non-hydrogen) atoms. The lowest BCUT2D eigenvalue weighted by Gasteiger charge is -2.05. The van der Waals surface area contributed by atoms with Gasteiger partial charge in [0.1, 0.15) is 0 Å². The molecule has 1 aliphatic rings. The number of hydrogen-bond donors (Lipinski definition) is 2. The van der Waals surface area contributed by atoms with E-state index in [1.165, 1.54) is 19.4 Å². The van der Waals surface area contributed by atoms with E-state index in [0.717, 1.165) is 18.9 Å². The number of amides is 1. The summed E-state index contributed by atoms with van der Waals surface area (Å²) in [6.07, 6.45) is 2.98. The molecular weight excluding hydrogens is 266 g/mol. The second-order valence-corrected chi connectivity index (χ2v) is 4.36. The minimum Gasteiger partial charge on any atom is -0.500 e. The van der Waals surface area contributed by atoms with Crippen LogP contribution < -0.4 is 10.2 Å². The second-order valence-electron chi connectivity index (χ2n) is 4.36. The van der Waals surface area contributed by atoms with E-state index in [-0.39, 0.29) is 17.6 Å². The molecular formula is C12H13N3O5. The highest BCUT2D eigenvalue weighted by Gasteiger charge is 2.29. The van der Waals surface area contributed by atoms with Crippen molar-refractivity contribution >= 4 is 17.8 Å². The minimum absolute atomic E-state index is 0.0239. The molecule has 0 unspecified atom stereocenters. The molecule has 0 atom stereocenters. The lowest BCUT2D eigenvalue weighted by Crippen LogP contribution is -2.18. The number of aromatic hydroxyl groups is 1. The molecule has 8 heteroatoms. The minimum atomic E-state index is -0.724. The van der Waals surface area contributed by atoms with Crippen LogP contribution in [0.15, 0.2) is 17.2 Å². The molecule has 0 radical (unpaired) electrons. The Kier molecular flexibility index (Phi) is 3.83. The van der Waals surface area contributed by atoms with Gasteiger partial charge in [-0.3, -0.25) is 14.9 Å². The van der Waals surface area contributed by atoms with Crippen LogP contribution in [0.5, 0.6) is 11.5 Å². The number of benzene rings is 1. The van der Waals surface area contributed by atoms with Crippen molar-refractivity contribution < 1.29 is 19.6 Å². The second kappa shape index (κ2) is 5.55. The van der Waals surface area contributed by atoms with E-state index in [1.807, 2.05) is 0 Å². The zero-order valence-corrected chi connectivity index (χ0v) is 10.7. The lowest BCUT2D eigenvalue weighted by molar-refractivity contribution is -0.386. The van der Waals surface area contributed by atoms with E-state index >= 15 is 0 Å². The molecule has 0 aromatic heterocycles. The van der Waals surface area contributed by atoms with Crippen molar-refractivity contribution in [2.75, 3.05) is 7.11 Å². The first-order valence-corrected chi connectivity index (χ1v) is 5.91. The van der Waals surface area contributed by atoms with Crippen molar-refractivity contribution in [3.05, 3.63) is 27.8 Å². The summed E-state index contributed by atoms with van der Waals surface area (Å²) in [4.78, 5) is 21.4. The number of nitro benzene ring substituents is 1. The van der Waals surface area contributed by atoms with Crippen LogP contribution in [0.3, 0.4) is 0 Å². The highest BCUT2D eigenvalue weighted by Crippen LogP contribution is 2.36. The van der Waals surface area contributed by atoms with E-state index in [1.54, 1.807) is 0 Å². The van der Waals surface area contributed by atoms with Gasteiger partial charge < -0.3 is 9.84 Å². The highest BCUT2D eigenvalue weighted by atomic mass is 16.6. The molecule has 1 aromatic rings. The fraction of sp³-hybridized carbons (Fsp3) is 0.333. The topological polar surface area (TPSA) is 114 Å². The van der Waals surface area contributed by atoms with Crippen molar-refractivity contribution in [2.45, 2.75) is 12.8 Å². The van der Waals surface area contributed by atoms with Crippen molar-refractivity contribution in [1.82, 2.24) is 5.43 Å². The molecule has 1 amide bonds. The Labute approximate surface area is 114 Å². The van der Waals surface area contributed by atoms with Gasteiger partial charge in [0.15, 0.2) is 5.75 Å². The maximum absolute atomic E-state index is 11.4. The molecule has 0 bridgehead atoms. The summed E-state index contributed by atoms with van der Waals surface area (Å²) in [5.74, 6) is -0.719. The van der Waals surface area contributed by atoms with Gasteiger partial charge >= 0.3 is 5.69 Å². The van der Waals surface area contributed by atoms with Crippen LogP contribution in [0.4, 0.5) is 5.69 Å². The van der Waals surface area contributed by atoms with E-state index in [2.05, 4.69) is 10.5 Å².